The van der Waals surface area contributed by atoms with Crippen LogP contribution in [0, 0.1) is 0 Å². The van der Waals surface area contributed by atoms with Crippen LogP contribution in [0.25, 0.3) is 0 Å². The fraction of sp³-hybridized carbons (Fsp3) is 0.462. The van der Waals surface area contributed by atoms with Crippen LogP contribution < -0.4 is 9.47 Å². The van der Waals surface area contributed by atoms with Crippen LogP contribution in [0.15, 0.2) is 18.2 Å². The Labute approximate surface area is 101 Å². The fourth-order valence-electron chi connectivity index (χ4n) is 1.65. The highest BCUT2D eigenvalue weighted by molar-refractivity contribution is 5.96. The van der Waals surface area contributed by atoms with E-state index in [2.05, 4.69) is 21.1 Å². The molecule has 92 valence electrons. The van der Waals surface area contributed by atoms with Crippen LogP contribution in [0.2, 0.25) is 0 Å². The lowest BCUT2D eigenvalue weighted by Gasteiger charge is -2.23. The first kappa shape index (κ1) is 11.9. The second-order valence-electron chi connectivity index (χ2n) is 5.26. The lowest BCUT2D eigenvalue weighted by atomic mass is 10.1. The molecule has 0 saturated heterocycles. The SMILES string of the molecule is C[N+](C)(C)CCC(=O)c1ccc2c(c1)OCO2. The molecule has 4 heteroatoms. The Kier molecular flexibility index (Phi) is 3.07. The van der Waals surface area contributed by atoms with Crippen molar-refractivity contribution in [2.24, 2.45) is 0 Å². The summed E-state index contributed by atoms with van der Waals surface area (Å²) in [6.07, 6.45) is 0.545. The van der Waals surface area contributed by atoms with E-state index in [0.717, 1.165) is 11.0 Å². The summed E-state index contributed by atoms with van der Waals surface area (Å²) in [5, 5.41) is 0. The predicted octanol–water partition coefficient (Wildman–Crippen LogP) is 1.69. The van der Waals surface area contributed by atoms with Crippen molar-refractivity contribution in [3.05, 3.63) is 23.8 Å². The number of nitrogens with zero attached hydrogens (tertiary/aromatic N) is 1. The van der Waals surface area contributed by atoms with E-state index in [0.29, 0.717) is 23.5 Å². The molecule has 1 aromatic carbocycles. The summed E-state index contributed by atoms with van der Waals surface area (Å²) >= 11 is 0. The Morgan fingerprint density at radius 2 is 1.94 bits per heavy atom. The number of benzene rings is 1. The van der Waals surface area contributed by atoms with Crippen molar-refractivity contribution in [1.82, 2.24) is 0 Å². The summed E-state index contributed by atoms with van der Waals surface area (Å²) in [4.78, 5) is 12.0. The molecule has 0 bridgehead atoms. The van der Waals surface area contributed by atoms with E-state index in [4.69, 9.17) is 9.47 Å². The number of fused-ring (bicyclic) bond motifs is 1. The Morgan fingerprint density at radius 3 is 2.65 bits per heavy atom. The van der Waals surface area contributed by atoms with Gasteiger partial charge < -0.3 is 14.0 Å². The van der Waals surface area contributed by atoms with Crippen molar-refractivity contribution in [2.75, 3.05) is 34.5 Å². The average Bonchev–Trinajstić information content (AvgIpc) is 2.71. The van der Waals surface area contributed by atoms with Gasteiger partial charge in [0.15, 0.2) is 17.3 Å². The minimum atomic E-state index is 0.149. The molecular formula is C13H18NO3+. The standard InChI is InChI=1S/C13H18NO3/c1-14(2,3)7-6-11(15)10-4-5-12-13(8-10)17-9-16-12/h4-5,8H,6-7,9H2,1-3H3/q+1. The van der Waals surface area contributed by atoms with E-state index in [1.807, 2.05) is 0 Å². The first-order valence-corrected chi connectivity index (χ1v) is 5.69. The molecule has 0 aromatic heterocycles. The highest BCUT2D eigenvalue weighted by atomic mass is 16.7. The number of hydrogen-bond donors (Lipinski definition) is 0. The molecule has 0 amide bonds. The number of carbonyl (C=O) groups excluding carboxylic acids is 1. The van der Waals surface area contributed by atoms with Crippen molar-refractivity contribution in [3.63, 3.8) is 0 Å². The molecule has 0 fully saturated rings. The van der Waals surface area contributed by atoms with Gasteiger partial charge in [0.05, 0.1) is 34.1 Å². The molecular weight excluding hydrogens is 218 g/mol. The Balaban J connectivity index is 2.05. The number of ether oxygens (including phenoxy) is 2. The van der Waals surface area contributed by atoms with Gasteiger partial charge in [0.2, 0.25) is 6.79 Å². The predicted molar refractivity (Wildman–Crippen MR) is 64.4 cm³/mol. The number of hydrogen-bond acceptors (Lipinski definition) is 3. The van der Waals surface area contributed by atoms with E-state index in [-0.39, 0.29) is 12.6 Å². The monoisotopic (exact) mass is 236 g/mol. The van der Waals surface area contributed by atoms with E-state index in [9.17, 15) is 4.79 Å². The summed E-state index contributed by atoms with van der Waals surface area (Å²) in [6.45, 7) is 1.07. The van der Waals surface area contributed by atoms with E-state index >= 15 is 0 Å². The van der Waals surface area contributed by atoms with Gasteiger partial charge in [0.1, 0.15) is 0 Å². The molecule has 4 nitrogen and oxygen atoms in total. The lowest BCUT2D eigenvalue weighted by Crippen LogP contribution is -2.36. The zero-order valence-corrected chi connectivity index (χ0v) is 10.5. The number of rotatable bonds is 4. The third-order valence-corrected chi connectivity index (χ3v) is 2.70. The van der Waals surface area contributed by atoms with Crippen molar-refractivity contribution < 1.29 is 18.8 Å². The third-order valence-electron chi connectivity index (χ3n) is 2.70. The average molecular weight is 236 g/mol. The normalized spacial score (nSPS) is 13.8. The van der Waals surface area contributed by atoms with E-state index in [1.165, 1.54) is 0 Å². The molecule has 0 atom stereocenters. The Morgan fingerprint density at radius 1 is 1.24 bits per heavy atom. The highest BCUT2D eigenvalue weighted by Gasteiger charge is 2.17. The Hall–Kier alpha value is -1.55. The zero-order valence-electron chi connectivity index (χ0n) is 10.5. The minimum absolute atomic E-state index is 0.149. The minimum Gasteiger partial charge on any atom is -0.454 e. The maximum Gasteiger partial charge on any atom is 0.231 e. The quantitative estimate of drug-likeness (QED) is 0.589. The second kappa shape index (κ2) is 4.37. The summed E-state index contributed by atoms with van der Waals surface area (Å²) in [5.74, 6) is 1.53. The van der Waals surface area contributed by atoms with Crippen LogP contribution in [0.1, 0.15) is 16.8 Å². The van der Waals surface area contributed by atoms with Gasteiger partial charge in [-0.2, -0.15) is 0 Å². The third kappa shape index (κ3) is 2.97. The molecule has 0 spiro atoms. The number of quaternary nitrogens is 1. The number of ketones is 1. The summed E-state index contributed by atoms with van der Waals surface area (Å²) in [5.41, 5.74) is 0.697. The molecule has 17 heavy (non-hydrogen) atoms. The molecule has 0 N–H and O–H groups in total. The van der Waals surface area contributed by atoms with Gasteiger partial charge in [-0.25, -0.2) is 0 Å². The molecule has 1 heterocycles. The Bertz CT molecular complexity index is 435. The van der Waals surface area contributed by atoms with Crippen molar-refractivity contribution in [2.45, 2.75) is 6.42 Å². The summed E-state index contributed by atoms with van der Waals surface area (Å²) in [7, 11) is 6.23. The molecule has 0 aliphatic carbocycles. The van der Waals surface area contributed by atoms with Crippen LogP contribution in [0.3, 0.4) is 0 Å². The molecule has 0 radical (unpaired) electrons. The van der Waals surface area contributed by atoms with E-state index in [1.54, 1.807) is 18.2 Å². The van der Waals surface area contributed by atoms with Gasteiger partial charge in [0, 0.05) is 5.56 Å². The summed E-state index contributed by atoms with van der Waals surface area (Å²) in [6, 6.07) is 5.35. The molecule has 1 aliphatic heterocycles. The zero-order chi connectivity index (χ0) is 12.5. The maximum atomic E-state index is 12.0. The van der Waals surface area contributed by atoms with Gasteiger partial charge in [0.25, 0.3) is 0 Å². The molecule has 0 saturated carbocycles. The van der Waals surface area contributed by atoms with Crippen molar-refractivity contribution >= 4 is 5.78 Å². The van der Waals surface area contributed by atoms with Gasteiger partial charge >= 0.3 is 0 Å². The lowest BCUT2D eigenvalue weighted by molar-refractivity contribution is -0.869. The van der Waals surface area contributed by atoms with Crippen LogP contribution in [-0.2, 0) is 0 Å². The van der Waals surface area contributed by atoms with Crippen molar-refractivity contribution in [1.29, 1.82) is 0 Å². The van der Waals surface area contributed by atoms with Crippen LogP contribution >= 0.6 is 0 Å². The van der Waals surface area contributed by atoms with E-state index < -0.39 is 0 Å². The highest BCUT2D eigenvalue weighted by Crippen LogP contribution is 2.32. The largest absolute Gasteiger partial charge is 0.454 e. The van der Waals surface area contributed by atoms with Crippen LogP contribution in [0.4, 0.5) is 0 Å². The van der Waals surface area contributed by atoms with Gasteiger partial charge in [-0.15, -0.1) is 0 Å². The van der Waals surface area contributed by atoms with Gasteiger partial charge in [-0.05, 0) is 18.2 Å². The smallest absolute Gasteiger partial charge is 0.231 e. The summed E-state index contributed by atoms with van der Waals surface area (Å²) < 4.78 is 11.3. The topological polar surface area (TPSA) is 35.5 Å². The van der Waals surface area contributed by atoms with Gasteiger partial charge in [-0.1, -0.05) is 0 Å². The fourth-order valence-corrected chi connectivity index (χ4v) is 1.65. The molecule has 0 unspecified atom stereocenters. The maximum absolute atomic E-state index is 12.0. The second-order valence-corrected chi connectivity index (χ2v) is 5.26. The van der Waals surface area contributed by atoms with Gasteiger partial charge in [-0.3, -0.25) is 4.79 Å². The van der Waals surface area contributed by atoms with Crippen molar-refractivity contribution in [3.8, 4) is 11.5 Å². The van der Waals surface area contributed by atoms with Crippen LogP contribution in [-0.4, -0.2) is 44.7 Å². The number of Topliss-reactive ketones (excluding diaryl/α,β-unsaturated/α-hetero) is 1. The number of carbonyl (C=O) groups is 1. The first-order chi connectivity index (χ1) is 7.96. The molecule has 1 aliphatic rings. The molecule has 1 aromatic rings. The first-order valence-electron chi connectivity index (χ1n) is 5.69. The van der Waals surface area contributed by atoms with Crippen LogP contribution in [0.5, 0.6) is 11.5 Å². The molecule has 2 rings (SSSR count).